The van der Waals surface area contributed by atoms with Gasteiger partial charge in [0.15, 0.2) is 0 Å². The molecule has 2 rings (SSSR count). The lowest BCUT2D eigenvalue weighted by molar-refractivity contribution is -0.136. The Morgan fingerprint density at radius 3 is 2.81 bits per heavy atom. The molecule has 2 N–H and O–H groups in total. The number of carbonyl (C=O) groups is 1. The number of nitrogens with two attached hydrogens (primary N) is 1. The average molecular weight is 396 g/mol. The molecule has 1 aliphatic rings. The molecule has 0 radical (unpaired) electrons. The second-order valence-corrected chi connectivity index (χ2v) is 5.69. The molecule has 21 heavy (non-hydrogen) atoms. The lowest BCUT2D eigenvalue weighted by Gasteiger charge is -2.26. The van der Waals surface area contributed by atoms with Gasteiger partial charge in [0.1, 0.15) is 17.4 Å². The van der Waals surface area contributed by atoms with Crippen LogP contribution in [0.15, 0.2) is 47.1 Å². The van der Waals surface area contributed by atoms with Crippen molar-refractivity contribution < 1.29 is 14.3 Å². The van der Waals surface area contributed by atoms with E-state index < -0.39 is 11.9 Å². The van der Waals surface area contributed by atoms with Crippen molar-refractivity contribution in [1.29, 1.82) is 5.26 Å². The maximum atomic E-state index is 12.1. The molecule has 108 valence electrons. The highest BCUT2D eigenvalue weighted by Gasteiger charge is 2.35. The van der Waals surface area contributed by atoms with Gasteiger partial charge in [-0.2, -0.15) is 5.26 Å². The van der Waals surface area contributed by atoms with Crippen molar-refractivity contribution in [3.05, 3.63) is 56.2 Å². The van der Waals surface area contributed by atoms with Gasteiger partial charge in [0.05, 0.1) is 18.6 Å². The fourth-order valence-electron chi connectivity index (χ4n) is 2.28. The van der Waals surface area contributed by atoms with E-state index >= 15 is 0 Å². The van der Waals surface area contributed by atoms with Crippen molar-refractivity contribution in [3.8, 4) is 6.07 Å². The molecule has 5 nitrogen and oxygen atoms in total. The van der Waals surface area contributed by atoms with Gasteiger partial charge >= 0.3 is 5.97 Å². The number of nitriles is 1. The Bertz CT molecular complexity index is 701. The SMILES string of the molecule is COC(=O)C1=C(C)OC(N)=C(C#N)[C@H]1c1cccc(I)c1. The number of esters is 1. The Labute approximate surface area is 136 Å². The summed E-state index contributed by atoms with van der Waals surface area (Å²) in [6.45, 7) is 1.63. The fourth-order valence-corrected chi connectivity index (χ4v) is 2.84. The van der Waals surface area contributed by atoms with E-state index in [4.69, 9.17) is 15.2 Å². The number of ether oxygens (including phenoxy) is 2. The summed E-state index contributed by atoms with van der Waals surface area (Å²) in [5, 5.41) is 9.38. The summed E-state index contributed by atoms with van der Waals surface area (Å²) < 4.78 is 11.1. The first-order valence-corrected chi connectivity index (χ1v) is 7.19. The standard InChI is InChI=1S/C15H13IN2O3/c1-8-12(15(19)20-2)13(11(7-17)14(18)21-8)9-4-3-5-10(16)6-9/h3-6,13H,18H2,1-2H3/t13-/m1/s1. The third-order valence-electron chi connectivity index (χ3n) is 3.19. The molecule has 0 saturated carbocycles. The van der Waals surface area contributed by atoms with E-state index in [1.165, 1.54) is 7.11 Å². The van der Waals surface area contributed by atoms with E-state index in [1.807, 2.05) is 30.3 Å². The van der Waals surface area contributed by atoms with E-state index in [2.05, 4.69) is 22.6 Å². The number of allylic oxidation sites excluding steroid dienone is 2. The number of benzene rings is 1. The van der Waals surface area contributed by atoms with Crippen molar-refractivity contribution in [2.24, 2.45) is 5.73 Å². The van der Waals surface area contributed by atoms with E-state index in [0.717, 1.165) is 9.13 Å². The zero-order valence-electron chi connectivity index (χ0n) is 11.5. The van der Waals surface area contributed by atoms with Crippen LogP contribution < -0.4 is 5.73 Å². The molecule has 0 spiro atoms. The number of methoxy groups -OCH3 is 1. The lowest BCUT2D eigenvalue weighted by Crippen LogP contribution is -2.25. The molecule has 0 fully saturated rings. The van der Waals surface area contributed by atoms with Crippen LogP contribution in [0.5, 0.6) is 0 Å². The van der Waals surface area contributed by atoms with Gasteiger partial charge < -0.3 is 15.2 Å². The van der Waals surface area contributed by atoms with Crippen LogP contribution in [0.25, 0.3) is 0 Å². The number of hydrogen-bond donors (Lipinski definition) is 1. The van der Waals surface area contributed by atoms with E-state index in [1.54, 1.807) is 6.92 Å². The van der Waals surface area contributed by atoms with Crippen molar-refractivity contribution in [2.45, 2.75) is 12.8 Å². The normalized spacial score (nSPS) is 18.1. The fraction of sp³-hybridized carbons (Fsp3) is 0.200. The summed E-state index contributed by atoms with van der Waals surface area (Å²) in [5.41, 5.74) is 7.10. The highest BCUT2D eigenvalue weighted by Crippen LogP contribution is 2.39. The zero-order valence-corrected chi connectivity index (χ0v) is 13.7. The number of rotatable bonds is 2. The molecule has 0 saturated heterocycles. The summed E-state index contributed by atoms with van der Waals surface area (Å²) in [5.74, 6) is -0.740. The molecule has 1 atom stereocenters. The second kappa shape index (κ2) is 6.18. The van der Waals surface area contributed by atoms with Gasteiger partial charge in [-0.1, -0.05) is 12.1 Å². The van der Waals surface area contributed by atoms with E-state index in [-0.39, 0.29) is 11.5 Å². The second-order valence-electron chi connectivity index (χ2n) is 4.44. The van der Waals surface area contributed by atoms with Crippen LogP contribution in [0.1, 0.15) is 18.4 Å². The Kier molecular flexibility index (Phi) is 4.53. The largest absolute Gasteiger partial charge is 0.466 e. The lowest BCUT2D eigenvalue weighted by atomic mass is 9.83. The minimum absolute atomic E-state index is 0.0199. The third kappa shape index (κ3) is 2.88. The summed E-state index contributed by atoms with van der Waals surface area (Å²) >= 11 is 2.17. The van der Waals surface area contributed by atoms with Crippen molar-refractivity contribution in [2.75, 3.05) is 7.11 Å². The quantitative estimate of drug-likeness (QED) is 0.614. The molecule has 0 bridgehead atoms. The van der Waals surface area contributed by atoms with Gasteiger partial charge in [0.2, 0.25) is 5.88 Å². The van der Waals surface area contributed by atoms with E-state index in [0.29, 0.717) is 11.3 Å². The maximum absolute atomic E-state index is 12.1. The number of nitrogens with zero attached hydrogens (tertiary/aromatic N) is 1. The van der Waals surface area contributed by atoms with Crippen molar-refractivity contribution in [1.82, 2.24) is 0 Å². The summed E-state index contributed by atoms with van der Waals surface area (Å²) in [4.78, 5) is 12.1. The Morgan fingerprint density at radius 2 is 2.24 bits per heavy atom. The first-order chi connectivity index (χ1) is 9.99. The van der Waals surface area contributed by atoms with Crippen LogP contribution in [-0.2, 0) is 14.3 Å². The molecule has 1 aromatic rings. The van der Waals surface area contributed by atoms with Gasteiger partial charge in [0, 0.05) is 3.57 Å². The van der Waals surface area contributed by atoms with Crippen LogP contribution in [0.4, 0.5) is 0 Å². The first-order valence-electron chi connectivity index (χ1n) is 6.11. The monoisotopic (exact) mass is 396 g/mol. The molecule has 0 unspecified atom stereocenters. The predicted octanol–water partition coefficient (Wildman–Crippen LogP) is 2.55. The average Bonchev–Trinajstić information content (AvgIpc) is 2.45. The Balaban J connectivity index is 2.66. The summed E-state index contributed by atoms with van der Waals surface area (Å²) in [6, 6.07) is 9.57. The van der Waals surface area contributed by atoms with Crippen molar-refractivity contribution >= 4 is 28.6 Å². The number of halogens is 1. The number of hydrogen-bond acceptors (Lipinski definition) is 5. The zero-order chi connectivity index (χ0) is 15.6. The molecule has 1 aromatic carbocycles. The van der Waals surface area contributed by atoms with Crippen molar-refractivity contribution in [3.63, 3.8) is 0 Å². The summed E-state index contributed by atoms with van der Waals surface area (Å²) in [7, 11) is 1.29. The third-order valence-corrected chi connectivity index (χ3v) is 3.86. The van der Waals surface area contributed by atoms with E-state index in [9.17, 15) is 10.1 Å². The van der Waals surface area contributed by atoms with Crippen LogP contribution in [0.2, 0.25) is 0 Å². The van der Waals surface area contributed by atoms with Gasteiger partial charge in [-0.05, 0) is 47.2 Å². The Hall–Kier alpha value is -2.01. The minimum atomic E-state index is -0.578. The van der Waals surface area contributed by atoms with Gasteiger partial charge in [-0.15, -0.1) is 0 Å². The smallest absolute Gasteiger partial charge is 0.338 e. The molecule has 0 amide bonds. The van der Waals surface area contributed by atoms with Crippen LogP contribution in [-0.4, -0.2) is 13.1 Å². The Morgan fingerprint density at radius 1 is 1.52 bits per heavy atom. The molecular weight excluding hydrogens is 383 g/mol. The molecule has 1 heterocycles. The predicted molar refractivity (Wildman–Crippen MR) is 84.5 cm³/mol. The topological polar surface area (TPSA) is 85.3 Å². The molecule has 1 aliphatic heterocycles. The number of carbonyl (C=O) groups excluding carboxylic acids is 1. The van der Waals surface area contributed by atoms with Gasteiger partial charge in [-0.25, -0.2) is 4.79 Å². The molecule has 0 aliphatic carbocycles. The first kappa shape index (κ1) is 15.4. The highest BCUT2D eigenvalue weighted by atomic mass is 127. The molecule has 0 aromatic heterocycles. The molecule has 6 heteroatoms. The van der Waals surface area contributed by atoms with Crippen LogP contribution >= 0.6 is 22.6 Å². The minimum Gasteiger partial charge on any atom is -0.466 e. The van der Waals surface area contributed by atoms with Gasteiger partial charge in [0.25, 0.3) is 0 Å². The molecular formula is C15H13IN2O3. The highest BCUT2D eigenvalue weighted by molar-refractivity contribution is 14.1. The van der Waals surface area contributed by atoms with Crippen LogP contribution in [0, 0.1) is 14.9 Å². The van der Waals surface area contributed by atoms with Crippen LogP contribution in [0.3, 0.4) is 0 Å². The summed E-state index contributed by atoms with van der Waals surface area (Å²) in [6.07, 6.45) is 0. The van der Waals surface area contributed by atoms with Gasteiger partial charge in [-0.3, -0.25) is 0 Å². The maximum Gasteiger partial charge on any atom is 0.338 e.